The van der Waals surface area contributed by atoms with Gasteiger partial charge in [0, 0.05) is 29.6 Å². The molecule has 2 aliphatic rings. The van der Waals surface area contributed by atoms with Gasteiger partial charge in [0.2, 0.25) is 0 Å². The number of anilines is 1. The highest BCUT2D eigenvalue weighted by molar-refractivity contribution is 6.42. The monoisotopic (exact) mass is 474 g/mol. The third kappa shape index (κ3) is 3.51. The summed E-state index contributed by atoms with van der Waals surface area (Å²) in [4.78, 5) is 39.5. The van der Waals surface area contributed by atoms with Gasteiger partial charge in [-0.15, -0.1) is 0 Å². The molecular formula is C24H24Cl2N2O4. The summed E-state index contributed by atoms with van der Waals surface area (Å²) in [5, 5.41) is 13.9. The Kier molecular flexibility index (Phi) is 6.30. The van der Waals surface area contributed by atoms with Crippen LogP contribution in [-0.2, 0) is 9.59 Å². The molecule has 6 nitrogen and oxygen atoms in total. The summed E-state index contributed by atoms with van der Waals surface area (Å²) in [7, 11) is 1.58. The van der Waals surface area contributed by atoms with Crippen LogP contribution in [0.2, 0.25) is 10.0 Å². The number of nitrogens with zero attached hydrogens (tertiary/aromatic N) is 1. The van der Waals surface area contributed by atoms with Crippen molar-refractivity contribution >= 4 is 47.1 Å². The molecule has 0 radical (unpaired) electrons. The van der Waals surface area contributed by atoms with Crippen LogP contribution in [0.25, 0.3) is 0 Å². The number of likely N-dealkylation sites (N-methyl/N-ethyl adjacent to an activating group) is 1. The van der Waals surface area contributed by atoms with E-state index in [4.69, 9.17) is 23.2 Å². The van der Waals surface area contributed by atoms with Crippen molar-refractivity contribution in [2.24, 2.45) is 5.92 Å². The van der Waals surface area contributed by atoms with Crippen molar-refractivity contribution in [3.63, 3.8) is 0 Å². The minimum absolute atomic E-state index is 0.111. The zero-order valence-corrected chi connectivity index (χ0v) is 19.1. The molecule has 32 heavy (non-hydrogen) atoms. The number of carbonyl (C=O) groups excluding carboxylic acids is 2. The van der Waals surface area contributed by atoms with Crippen LogP contribution in [0.5, 0.6) is 0 Å². The van der Waals surface area contributed by atoms with E-state index < -0.39 is 17.4 Å². The number of para-hydroxylation sites is 1. The standard InChI is InChI=1S/C24H24Cl2N2O4/c1-27-24(11-12-29,23(31)32)21-15-5-2-3-7-19(15)28(20-8-4-6-16(20)21)22(30)14-9-10-17(25)18(26)13-14/h2-3,5,7,9-10,12-13,16,20-21,27H,4,6,8,11H2,1H3,(H,31,32). The SMILES string of the molecule is CNC(CC=O)(C(=O)O)C1c2ccccc2N(C(=O)c2ccc(Cl)c(Cl)c2)C2CCCC21. The maximum absolute atomic E-state index is 13.7. The number of carboxylic acid groups (broad SMARTS) is 1. The van der Waals surface area contributed by atoms with E-state index in [1.54, 1.807) is 30.1 Å². The first-order chi connectivity index (χ1) is 15.4. The molecule has 1 fully saturated rings. The van der Waals surface area contributed by atoms with Gasteiger partial charge in [0.05, 0.1) is 10.0 Å². The molecule has 1 aliphatic carbocycles. The highest BCUT2D eigenvalue weighted by Gasteiger charge is 2.56. The number of fused-ring (bicyclic) bond motifs is 2. The van der Waals surface area contributed by atoms with E-state index >= 15 is 0 Å². The molecule has 168 valence electrons. The fraction of sp³-hybridized carbons (Fsp3) is 0.375. The third-order valence-electron chi connectivity index (χ3n) is 6.97. The van der Waals surface area contributed by atoms with Crippen LogP contribution in [0.15, 0.2) is 42.5 Å². The van der Waals surface area contributed by atoms with Gasteiger partial charge in [-0.25, -0.2) is 0 Å². The minimum Gasteiger partial charge on any atom is -0.480 e. The Morgan fingerprint density at radius 2 is 1.94 bits per heavy atom. The number of nitrogens with one attached hydrogen (secondary N) is 1. The molecule has 2 aromatic rings. The maximum atomic E-state index is 13.7. The average Bonchev–Trinajstić information content (AvgIpc) is 3.26. The van der Waals surface area contributed by atoms with E-state index in [1.807, 2.05) is 24.3 Å². The summed E-state index contributed by atoms with van der Waals surface area (Å²) in [6.07, 6.45) is 2.88. The van der Waals surface area contributed by atoms with E-state index in [1.165, 1.54) is 0 Å². The number of aldehydes is 1. The molecule has 0 saturated heterocycles. The van der Waals surface area contributed by atoms with Crippen molar-refractivity contribution in [2.45, 2.75) is 43.2 Å². The summed E-state index contributed by atoms with van der Waals surface area (Å²) in [6.45, 7) is 0. The van der Waals surface area contributed by atoms with Gasteiger partial charge < -0.3 is 20.1 Å². The van der Waals surface area contributed by atoms with Gasteiger partial charge >= 0.3 is 5.97 Å². The highest BCUT2D eigenvalue weighted by Crippen LogP contribution is 2.53. The maximum Gasteiger partial charge on any atom is 0.324 e. The van der Waals surface area contributed by atoms with Crippen molar-refractivity contribution in [1.29, 1.82) is 0 Å². The molecule has 4 atom stereocenters. The molecule has 4 unspecified atom stereocenters. The Morgan fingerprint density at radius 1 is 1.19 bits per heavy atom. The molecule has 0 bridgehead atoms. The third-order valence-corrected chi connectivity index (χ3v) is 7.71. The Hall–Kier alpha value is -2.41. The number of rotatable bonds is 6. The number of aliphatic carboxylic acids is 1. The molecule has 2 N–H and O–H groups in total. The van der Waals surface area contributed by atoms with Crippen molar-refractivity contribution in [1.82, 2.24) is 5.32 Å². The van der Waals surface area contributed by atoms with Crippen LogP contribution in [-0.4, -0.2) is 41.9 Å². The van der Waals surface area contributed by atoms with Gasteiger partial charge in [0.25, 0.3) is 5.91 Å². The minimum atomic E-state index is -1.45. The molecule has 8 heteroatoms. The van der Waals surface area contributed by atoms with Gasteiger partial charge in [0.1, 0.15) is 11.8 Å². The van der Waals surface area contributed by atoms with Gasteiger partial charge in [-0.05, 0) is 55.6 Å². The molecular weight excluding hydrogens is 451 g/mol. The molecule has 1 aliphatic heterocycles. The molecule has 0 aromatic heterocycles. The van der Waals surface area contributed by atoms with E-state index in [2.05, 4.69) is 5.32 Å². The molecule has 1 heterocycles. The van der Waals surface area contributed by atoms with Crippen molar-refractivity contribution in [3.05, 3.63) is 63.6 Å². The quantitative estimate of drug-likeness (QED) is 0.600. The summed E-state index contributed by atoms with van der Waals surface area (Å²) >= 11 is 12.2. The van der Waals surface area contributed by atoms with Gasteiger partial charge in [-0.2, -0.15) is 0 Å². The van der Waals surface area contributed by atoms with E-state index in [0.717, 1.165) is 24.8 Å². The first-order valence-corrected chi connectivity index (χ1v) is 11.3. The fourth-order valence-corrected chi connectivity index (χ4v) is 5.86. The van der Waals surface area contributed by atoms with Gasteiger partial charge in [0.15, 0.2) is 0 Å². The van der Waals surface area contributed by atoms with Crippen LogP contribution >= 0.6 is 23.2 Å². The van der Waals surface area contributed by atoms with Crippen LogP contribution < -0.4 is 10.2 Å². The Morgan fingerprint density at radius 3 is 2.59 bits per heavy atom. The van der Waals surface area contributed by atoms with Crippen molar-refractivity contribution in [2.75, 3.05) is 11.9 Å². The summed E-state index contributed by atoms with van der Waals surface area (Å²) in [5.74, 6) is -1.84. The normalized spacial score (nSPS) is 23.7. The summed E-state index contributed by atoms with van der Waals surface area (Å²) in [6, 6.07) is 12.0. The average molecular weight is 475 g/mol. The molecule has 1 saturated carbocycles. The largest absolute Gasteiger partial charge is 0.480 e. The molecule has 2 aromatic carbocycles. The Balaban J connectivity index is 1.89. The van der Waals surface area contributed by atoms with Gasteiger partial charge in [-0.1, -0.05) is 47.8 Å². The summed E-state index contributed by atoms with van der Waals surface area (Å²) < 4.78 is 0. The molecule has 0 spiro atoms. The van der Waals surface area contributed by atoms with Crippen LogP contribution in [0, 0.1) is 5.92 Å². The zero-order valence-electron chi connectivity index (χ0n) is 17.6. The molecule has 4 rings (SSSR count). The fourth-order valence-electron chi connectivity index (χ4n) is 5.56. The first kappa shape index (κ1) is 22.8. The zero-order chi connectivity index (χ0) is 23.0. The van der Waals surface area contributed by atoms with Crippen molar-refractivity contribution < 1.29 is 19.5 Å². The van der Waals surface area contributed by atoms with Crippen LogP contribution in [0.3, 0.4) is 0 Å². The molecule has 1 amide bonds. The van der Waals surface area contributed by atoms with Crippen LogP contribution in [0.4, 0.5) is 5.69 Å². The number of amides is 1. The Labute approximate surface area is 196 Å². The highest BCUT2D eigenvalue weighted by atomic mass is 35.5. The second-order valence-corrected chi connectivity index (χ2v) is 9.21. The topological polar surface area (TPSA) is 86.7 Å². The van der Waals surface area contributed by atoms with Gasteiger partial charge in [-0.3, -0.25) is 9.59 Å². The lowest BCUT2D eigenvalue weighted by Gasteiger charge is -2.49. The lowest BCUT2D eigenvalue weighted by Crippen LogP contribution is -2.61. The van der Waals surface area contributed by atoms with E-state index in [9.17, 15) is 19.5 Å². The van der Waals surface area contributed by atoms with E-state index in [-0.39, 0.29) is 24.3 Å². The second kappa shape index (κ2) is 8.85. The second-order valence-electron chi connectivity index (χ2n) is 8.40. The Bertz CT molecular complexity index is 1080. The lowest BCUT2D eigenvalue weighted by atomic mass is 9.65. The number of halogens is 2. The number of hydrogen-bond donors (Lipinski definition) is 2. The summed E-state index contributed by atoms with van der Waals surface area (Å²) in [5.41, 5.74) is 0.388. The predicted octanol–water partition coefficient (Wildman–Crippen LogP) is 4.54. The van der Waals surface area contributed by atoms with Crippen molar-refractivity contribution in [3.8, 4) is 0 Å². The lowest BCUT2D eigenvalue weighted by molar-refractivity contribution is -0.148. The smallest absolute Gasteiger partial charge is 0.324 e. The van der Waals surface area contributed by atoms with Crippen LogP contribution in [0.1, 0.15) is 47.5 Å². The number of benzene rings is 2. The first-order valence-electron chi connectivity index (χ1n) is 10.6. The predicted molar refractivity (Wildman–Crippen MR) is 124 cm³/mol. The number of carbonyl (C=O) groups is 3. The van der Waals surface area contributed by atoms with E-state index in [0.29, 0.717) is 27.6 Å². The number of hydrogen-bond acceptors (Lipinski definition) is 4. The number of carboxylic acids is 1.